The van der Waals surface area contributed by atoms with Gasteiger partial charge in [-0.1, -0.05) is 23.2 Å². The van der Waals surface area contributed by atoms with E-state index in [0.717, 1.165) is 0 Å². The Bertz CT molecular complexity index is 558. The van der Waals surface area contributed by atoms with Gasteiger partial charge in [0, 0.05) is 27.4 Å². The molecule has 0 radical (unpaired) electrons. The summed E-state index contributed by atoms with van der Waals surface area (Å²) < 4.78 is 0. The van der Waals surface area contributed by atoms with E-state index in [1.54, 1.807) is 30.5 Å². The fraction of sp³-hybridized carbons (Fsp3) is 0.0833. The van der Waals surface area contributed by atoms with E-state index in [9.17, 15) is 5.11 Å². The first-order valence-electron chi connectivity index (χ1n) is 4.93. The summed E-state index contributed by atoms with van der Waals surface area (Å²) in [6, 6.07) is 6.78. The molecule has 3 nitrogen and oxygen atoms in total. The molecule has 0 aliphatic carbocycles. The van der Waals surface area contributed by atoms with Crippen molar-refractivity contribution < 1.29 is 5.11 Å². The van der Waals surface area contributed by atoms with Crippen molar-refractivity contribution in [2.75, 3.05) is 5.73 Å². The molecule has 0 unspecified atom stereocenters. The fourth-order valence-corrected chi connectivity index (χ4v) is 2.04. The Morgan fingerprint density at radius 2 is 2.00 bits per heavy atom. The quantitative estimate of drug-likeness (QED) is 0.880. The van der Waals surface area contributed by atoms with Gasteiger partial charge in [0.05, 0.1) is 6.61 Å². The number of hydrogen-bond acceptors (Lipinski definition) is 3. The molecule has 0 atom stereocenters. The molecule has 0 amide bonds. The van der Waals surface area contributed by atoms with Crippen molar-refractivity contribution in [2.45, 2.75) is 6.61 Å². The first kappa shape index (κ1) is 12.2. The second kappa shape index (κ2) is 4.92. The van der Waals surface area contributed by atoms with Crippen LogP contribution in [-0.4, -0.2) is 10.1 Å². The highest BCUT2D eigenvalue weighted by Gasteiger charge is 2.13. The summed E-state index contributed by atoms with van der Waals surface area (Å²) in [5.74, 6) is 0.320. The maximum atomic E-state index is 9.30. The van der Waals surface area contributed by atoms with Gasteiger partial charge in [-0.2, -0.15) is 0 Å². The van der Waals surface area contributed by atoms with E-state index in [1.807, 2.05) is 0 Å². The third-order valence-electron chi connectivity index (χ3n) is 2.43. The van der Waals surface area contributed by atoms with E-state index >= 15 is 0 Å². The summed E-state index contributed by atoms with van der Waals surface area (Å²) in [6.07, 6.45) is 1.54. The molecular formula is C12H10Cl2N2O. The van der Waals surface area contributed by atoms with Gasteiger partial charge in [0.2, 0.25) is 0 Å². The smallest absolute Gasteiger partial charge is 0.131 e. The number of hydrogen-bond donors (Lipinski definition) is 2. The van der Waals surface area contributed by atoms with E-state index in [4.69, 9.17) is 28.9 Å². The lowest BCUT2D eigenvalue weighted by Crippen LogP contribution is -1.99. The second-order valence-electron chi connectivity index (χ2n) is 3.51. The fourth-order valence-electron chi connectivity index (χ4n) is 1.65. The van der Waals surface area contributed by atoms with Crippen molar-refractivity contribution in [2.24, 2.45) is 0 Å². The van der Waals surface area contributed by atoms with Gasteiger partial charge in [0.1, 0.15) is 5.82 Å². The third kappa shape index (κ3) is 2.36. The summed E-state index contributed by atoms with van der Waals surface area (Å²) in [4.78, 5) is 4.00. The molecule has 0 fully saturated rings. The van der Waals surface area contributed by atoms with Gasteiger partial charge in [-0.3, -0.25) is 0 Å². The maximum absolute atomic E-state index is 9.30. The first-order valence-corrected chi connectivity index (χ1v) is 5.68. The standard InChI is InChI=1S/C12H10Cl2N2O/c13-8-1-2-10(14)9(5-8)11-7(6-17)3-4-16-12(11)15/h1-5,17H,6H2,(H2,15,16). The Hall–Kier alpha value is -1.29. The van der Waals surface area contributed by atoms with Crippen molar-refractivity contribution in [1.82, 2.24) is 4.98 Å². The molecule has 1 heterocycles. The average molecular weight is 269 g/mol. The molecular weight excluding hydrogens is 259 g/mol. The van der Waals surface area contributed by atoms with Gasteiger partial charge in [0.15, 0.2) is 0 Å². The van der Waals surface area contributed by atoms with Crippen LogP contribution in [0.3, 0.4) is 0 Å². The predicted octanol–water partition coefficient (Wildman–Crippen LogP) is 3.13. The van der Waals surface area contributed by atoms with Gasteiger partial charge in [-0.15, -0.1) is 0 Å². The van der Waals surface area contributed by atoms with Crippen LogP contribution in [0, 0.1) is 0 Å². The largest absolute Gasteiger partial charge is 0.392 e. The number of pyridine rings is 1. The third-order valence-corrected chi connectivity index (χ3v) is 3.00. The number of rotatable bonds is 2. The molecule has 0 bridgehead atoms. The molecule has 0 aliphatic heterocycles. The molecule has 1 aromatic carbocycles. The number of nitrogens with two attached hydrogens (primary N) is 1. The molecule has 0 spiro atoms. The number of aliphatic hydroxyl groups is 1. The SMILES string of the molecule is Nc1nccc(CO)c1-c1cc(Cl)ccc1Cl. The highest BCUT2D eigenvalue weighted by Crippen LogP contribution is 2.35. The Kier molecular flexibility index (Phi) is 3.52. The number of benzene rings is 1. The molecule has 1 aromatic heterocycles. The van der Waals surface area contributed by atoms with Crippen molar-refractivity contribution in [3.8, 4) is 11.1 Å². The van der Waals surface area contributed by atoms with Crippen LogP contribution < -0.4 is 5.73 Å². The minimum Gasteiger partial charge on any atom is -0.392 e. The lowest BCUT2D eigenvalue weighted by atomic mass is 10.0. The number of aliphatic hydroxyl groups excluding tert-OH is 1. The van der Waals surface area contributed by atoms with Crippen molar-refractivity contribution in [3.05, 3.63) is 46.1 Å². The lowest BCUT2D eigenvalue weighted by molar-refractivity contribution is 0.282. The summed E-state index contributed by atoms with van der Waals surface area (Å²) in [5.41, 5.74) is 7.79. The molecule has 0 aliphatic rings. The predicted molar refractivity (Wildman–Crippen MR) is 70.0 cm³/mol. The Morgan fingerprint density at radius 1 is 1.24 bits per heavy atom. The van der Waals surface area contributed by atoms with Crippen LogP contribution in [0.4, 0.5) is 5.82 Å². The normalized spacial score (nSPS) is 10.5. The summed E-state index contributed by atoms with van der Waals surface area (Å²) in [7, 11) is 0. The zero-order chi connectivity index (χ0) is 12.4. The number of anilines is 1. The van der Waals surface area contributed by atoms with E-state index in [2.05, 4.69) is 4.98 Å². The summed E-state index contributed by atoms with van der Waals surface area (Å²) in [5, 5.41) is 10.4. The van der Waals surface area contributed by atoms with Crippen LogP contribution in [0.25, 0.3) is 11.1 Å². The van der Waals surface area contributed by atoms with Crippen LogP contribution in [0.5, 0.6) is 0 Å². The van der Waals surface area contributed by atoms with Crippen molar-refractivity contribution in [1.29, 1.82) is 0 Å². The summed E-state index contributed by atoms with van der Waals surface area (Å²) >= 11 is 12.0. The average Bonchev–Trinajstić information content (AvgIpc) is 2.32. The molecule has 0 saturated heterocycles. The number of nitrogens with zero attached hydrogens (tertiary/aromatic N) is 1. The molecule has 17 heavy (non-hydrogen) atoms. The molecule has 2 aromatic rings. The number of halogens is 2. The first-order chi connectivity index (χ1) is 8.13. The Morgan fingerprint density at radius 3 is 2.71 bits per heavy atom. The van der Waals surface area contributed by atoms with Crippen molar-refractivity contribution >= 4 is 29.0 Å². The minimum absolute atomic E-state index is 0.134. The minimum atomic E-state index is -0.134. The number of aromatic nitrogens is 1. The maximum Gasteiger partial charge on any atom is 0.131 e. The molecule has 3 N–H and O–H groups in total. The van der Waals surface area contributed by atoms with Crippen LogP contribution in [0.1, 0.15) is 5.56 Å². The van der Waals surface area contributed by atoms with Gasteiger partial charge in [0.25, 0.3) is 0 Å². The summed E-state index contributed by atoms with van der Waals surface area (Å²) in [6.45, 7) is -0.134. The Labute approximate surface area is 109 Å². The molecule has 0 saturated carbocycles. The molecule has 88 valence electrons. The topological polar surface area (TPSA) is 59.1 Å². The van der Waals surface area contributed by atoms with Gasteiger partial charge < -0.3 is 10.8 Å². The Balaban J connectivity index is 2.71. The van der Waals surface area contributed by atoms with E-state index in [-0.39, 0.29) is 6.61 Å². The highest BCUT2D eigenvalue weighted by atomic mass is 35.5. The van der Waals surface area contributed by atoms with Crippen LogP contribution in [0.15, 0.2) is 30.5 Å². The van der Waals surface area contributed by atoms with Crippen LogP contribution in [-0.2, 0) is 6.61 Å². The van der Waals surface area contributed by atoms with Gasteiger partial charge in [-0.05, 0) is 29.8 Å². The zero-order valence-corrected chi connectivity index (χ0v) is 10.3. The van der Waals surface area contributed by atoms with Crippen molar-refractivity contribution in [3.63, 3.8) is 0 Å². The lowest BCUT2D eigenvalue weighted by Gasteiger charge is -2.11. The van der Waals surface area contributed by atoms with Gasteiger partial charge >= 0.3 is 0 Å². The number of nitrogen functional groups attached to an aromatic ring is 1. The van der Waals surface area contributed by atoms with E-state index in [0.29, 0.717) is 32.6 Å². The van der Waals surface area contributed by atoms with E-state index < -0.39 is 0 Å². The van der Waals surface area contributed by atoms with E-state index in [1.165, 1.54) is 0 Å². The molecule has 5 heteroatoms. The van der Waals surface area contributed by atoms with Crippen LogP contribution >= 0.6 is 23.2 Å². The van der Waals surface area contributed by atoms with Gasteiger partial charge in [-0.25, -0.2) is 4.98 Å². The van der Waals surface area contributed by atoms with Crippen LogP contribution in [0.2, 0.25) is 10.0 Å². The second-order valence-corrected chi connectivity index (χ2v) is 4.36. The zero-order valence-electron chi connectivity index (χ0n) is 8.82. The monoisotopic (exact) mass is 268 g/mol. The highest BCUT2D eigenvalue weighted by molar-refractivity contribution is 6.35. The molecule has 2 rings (SSSR count).